The Hall–Kier alpha value is -2.34. The lowest BCUT2D eigenvalue weighted by molar-refractivity contribution is 0.0929. The van der Waals surface area contributed by atoms with E-state index in [1.807, 2.05) is 24.3 Å². The topological polar surface area (TPSA) is 76.2 Å². The number of fused-ring (bicyclic) bond motifs is 1. The van der Waals surface area contributed by atoms with E-state index in [0.717, 1.165) is 30.0 Å². The highest BCUT2D eigenvalue weighted by atomic mass is 16.5. The van der Waals surface area contributed by atoms with Crippen molar-refractivity contribution in [2.75, 3.05) is 19.8 Å². The van der Waals surface area contributed by atoms with E-state index in [4.69, 9.17) is 9.47 Å². The van der Waals surface area contributed by atoms with Crippen molar-refractivity contribution in [3.8, 4) is 5.75 Å². The maximum atomic E-state index is 12.6. The number of H-pyrrole nitrogens is 1. The number of aromatic amines is 1. The van der Waals surface area contributed by atoms with Crippen LogP contribution in [0, 0.1) is 0 Å². The summed E-state index contributed by atoms with van der Waals surface area (Å²) in [6.45, 7) is 1.83. The van der Waals surface area contributed by atoms with Gasteiger partial charge in [0.25, 0.3) is 5.91 Å². The molecular formula is C16H17N3O3. The largest absolute Gasteiger partial charge is 0.491 e. The second-order valence-electron chi connectivity index (χ2n) is 5.63. The zero-order chi connectivity index (χ0) is 14.9. The fourth-order valence-corrected chi connectivity index (χ4v) is 3.07. The Balaban J connectivity index is 1.53. The van der Waals surface area contributed by atoms with Gasteiger partial charge in [-0.1, -0.05) is 18.2 Å². The zero-order valence-corrected chi connectivity index (χ0v) is 12.0. The van der Waals surface area contributed by atoms with E-state index in [1.54, 1.807) is 6.20 Å². The Morgan fingerprint density at radius 3 is 3.09 bits per heavy atom. The molecule has 1 aromatic carbocycles. The van der Waals surface area contributed by atoms with E-state index < -0.39 is 0 Å². The highest BCUT2D eigenvalue weighted by Gasteiger charge is 2.29. The molecule has 2 aliphatic heterocycles. The number of aromatic nitrogens is 2. The van der Waals surface area contributed by atoms with Gasteiger partial charge in [-0.05, 0) is 12.5 Å². The highest BCUT2D eigenvalue weighted by molar-refractivity contribution is 5.95. The first-order chi connectivity index (χ1) is 10.8. The van der Waals surface area contributed by atoms with Crippen molar-refractivity contribution in [3.63, 3.8) is 0 Å². The number of para-hydroxylation sites is 1. The van der Waals surface area contributed by atoms with Crippen LogP contribution in [0.2, 0.25) is 0 Å². The zero-order valence-electron chi connectivity index (χ0n) is 12.0. The van der Waals surface area contributed by atoms with Gasteiger partial charge >= 0.3 is 0 Å². The fraction of sp³-hybridized carbons (Fsp3) is 0.375. The van der Waals surface area contributed by atoms with Crippen molar-refractivity contribution in [1.29, 1.82) is 0 Å². The van der Waals surface area contributed by atoms with Crippen molar-refractivity contribution in [3.05, 3.63) is 47.3 Å². The van der Waals surface area contributed by atoms with Crippen molar-refractivity contribution in [1.82, 2.24) is 15.5 Å². The molecule has 6 heteroatoms. The molecule has 0 unspecified atom stereocenters. The number of ether oxygens (including phenoxy) is 2. The number of rotatable bonds is 3. The van der Waals surface area contributed by atoms with Gasteiger partial charge in [-0.2, -0.15) is 5.10 Å². The maximum Gasteiger partial charge on any atom is 0.255 e. The summed E-state index contributed by atoms with van der Waals surface area (Å²) in [4.78, 5) is 12.6. The summed E-state index contributed by atoms with van der Waals surface area (Å²) >= 11 is 0. The van der Waals surface area contributed by atoms with E-state index in [9.17, 15) is 4.79 Å². The molecule has 1 aromatic heterocycles. The van der Waals surface area contributed by atoms with E-state index in [1.165, 1.54) is 0 Å². The molecule has 0 spiro atoms. The summed E-state index contributed by atoms with van der Waals surface area (Å²) in [7, 11) is 0. The summed E-state index contributed by atoms with van der Waals surface area (Å²) in [6.07, 6.45) is 2.50. The molecule has 0 aliphatic carbocycles. The van der Waals surface area contributed by atoms with Crippen LogP contribution in [0.1, 0.15) is 40.0 Å². The van der Waals surface area contributed by atoms with Gasteiger partial charge < -0.3 is 14.8 Å². The predicted octanol–water partition coefficient (Wildman–Crippen LogP) is 1.78. The normalized spacial score (nSPS) is 23.1. The molecule has 1 amide bonds. The van der Waals surface area contributed by atoms with Gasteiger partial charge in [-0.25, -0.2) is 0 Å². The Bertz CT molecular complexity index is 691. The average molecular weight is 299 g/mol. The van der Waals surface area contributed by atoms with Gasteiger partial charge in [0.05, 0.1) is 30.1 Å². The van der Waals surface area contributed by atoms with Crippen LogP contribution in [0.15, 0.2) is 30.5 Å². The van der Waals surface area contributed by atoms with Crippen molar-refractivity contribution < 1.29 is 14.3 Å². The molecule has 2 atom stereocenters. The van der Waals surface area contributed by atoms with Crippen molar-refractivity contribution in [2.45, 2.75) is 18.4 Å². The minimum Gasteiger partial charge on any atom is -0.491 e. The van der Waals surface area contributed by atoms with E-state index in [-0.39, 0.29) is 17.9 Å². The third-order valence-electron chi connectivity index (χ3n) is 4.26. The number of benzene rings is 1. The Morgan fingerprint density at radius 2 is 2.23 bits per heavy atom. The molecule has 6 nitrogen and oxygen atoms in total. The number of hydrogen-bond donors (Lipinski definition) is 2. The molecule has 1 fully saturated rings. The van der Waals surface area contributed by atoms with Crippen LogP contribution >= 0.6 is 0 Å². The predicted molar refractivity (Wildman–Crippen MR) is 78.9 cm³/mol. The molecule has 0 saturated carbocycles. The van der Waals surface area contributed by atoms with Crippen LogP contribution in [-0.4, -0.2) is 35.9 Å². The maximum absolute atomic E-state index is 12.6. The minimum absolute atomic E-state index is 0.119. The summed E-state index contributed by atoms with van der Waals surface area (Å²) in [5.74, 6) is 0.931. The molecule has 4 rings (SSSR count). The van der Waals surface area contributed by atoms with Gasteiger partial charge in [0.1, 0.15) is 12.4 Å². The van der Waals surface area contributed by atoms with Crippen LogP contribution in [0.4, 0.5) is 0 Å². The lowest BCUT2D eigenvalue weighted by Crippen LogP contribution is -2.30. The number of carbonyl (C=O) groups excluding carboxylic acids is 1. The summed E-state index contributed by atoms with van der Waals surface area (Å²) in [6, 6.07) is 7.66. The van der Waals surface area contributed by atoms with E-state index >= 15 is 0 Å². The Morgan fingerprint density at radius 1 is 1.32 bits per heavy atom. The SMILES string of the molecule is O=C(N[C@@H]1COc2ccccc21)c1cn[nH]c1[C@H]1CCOC1. The second-order valence-corrected chi connectivity index (χ2v) is 5.63. The van der Waals surface area contributed by atoms with E-state index in [0.29, 0.717) is 18.8 Å². The van der Waals surface area contributed by atoms with Gasteiger partial charge in [-0.3, -0.25) is 9.89 Å². The molecule has 114 valence electrons. The lowest BCUT2D eigenvalue weighted by Gasteiger charge is -2.13. The van der Waals surface area contributed by atoms with Crippen LogP contribution in [-0.2, 0) is 4.74 Å². The van der Waals surface area contributed by atoms with Crippen LogP contribution in [0.5, 0.6) is 5.75 Å². The number of nitrogens with zero attached hydrogens (tertiary/aromatic N) is 1. The molecule has 0 radical (unpaired) electrons. The third-order valence-corrected chi connectivity index (χ3v) is 4.26. The van der Waals surface area contributed by atoms with Crippen LogP contribution in [0.25, 0.3) is 0 Å². The number of amides is 1. The van der Waals surface area contributed by atoms with Crippen LogP contribution < -0.4 is 10.1 Å². The van der Waals surface area contributed by atoms with Crippen LogP contribution in [0.3, 0.4) is 0 Å². The molecular weight excluding hydrogens is 282 g/mol. The molecule has 2 aliphatic rings. The second kappa shape index (κ2) is 5.46. The Kier molecular flexibility index (Phi) is 3.31. The molecule has 0 bridgehead atoms. The number of nitrogens with one attached hydrogen (secondary N) is 2. The first-order valence-electron chi connectivity index (χ1n) is 7.46. The van der Waals surface area contributed by atoms with Gasteiger partial charge in [-0.15, -0.1) is 0 Å². The molecule has 2 aromatic rings. The van der Waals surface area contributed by atoms with Gasteiger partial charge in [0.2, 0.25) is 0 Å². The molecule has 3 heterocycles. The number of carbonyl (C=O) groups is 1. The summed E-state index contributed by atoms with van der Waals surface area (Å²) in [5, 5.41) is 10.0. The fourth-order valence-electron chi connectivity index (χ4n) is 3.07. The minimum atomic E-state index is -0.124. The van der Waals surface area contributed by atoms with Gasteiger partial charge in [0, 0.05) is 18.1 Å². The quantitative estimate of drug-likeness (QED) is 0.905. The van der Waals surface area contributed by atoms with E-state index in [2.05, 4.69) is 15.5 Å². The molecule has 1 saturated heterocycles. The summed E-state index contributed by atoms with van der Waals surface area (Å²) in [5.41, 5.74) is 2.48. The third kappa shape index (κ3) is 2.25. The highest BCUT2D eigenvalue weighted by Crippen LogP contribution is 2.32. The monoisotopic (exact) mass is 299 g/mol. The molecule has 22 heavy (non-hydrogen) atoms. The standard InChI is InChI=1S/C16H17N3O3/c20-16(12-7-17-19-15(12)10-5-6-21-8-10)18-13-9-22-14-4-2-1-3-11(13)14/h1-4,7,10,13H,5-6,8-9H2,(H,17,19)(H,18,20)/t10-,13+/m0/s1. The molecule has 2 N–H and O–H groups in total. The first kappa shape index (κ1) is 13.3. The smallest absolute Gasteiger partial charge is 0.255 e. The first-order valence-corrected chi connectivity index (χ1v) is 7.46. The number of hydrogen-bond acceptors (Lipinski definition) is 4. The lowest BCUT2D eigenvalue weighted by atomic mass is 10.0. The Labute approximate surface area is 127 Å². The summed E-state index contributed by atoms with van der Waals surface area (Å²) < 4.78 is 11.0. The average Bonchev–Trinajstić information content (AvgIpc) is 3.27. The van der Waals surface area contributed by atoms with Crippen molar-refractivity contribution in [2.24, 2.45) is 0 Å². The van der Waals surface area contributed by atoms with Gasteiger partial charge in [0.15, 0.2) is 0 Å². The van der Waals surface area contributed by atoms with Crippen molar-refractivity contribution >= 4 is 5.91 Å².